The lowest BCUT2D eigenvalue weighted by molar-refractivity contribution is 0.196. The van der Waals surface area contributed by atoms with Gasteiger partial charge in [-0.2, -0.15) is 5.10 Å². The molecule has 20 heavy (non-hydrogen) atoms. The van der Waals surface area contributed by atoms with Crippen molar-refractivity contribution in [2.75, 3.05) is 13.1 Å². The van der Waals surface area contributed by atoms with Gasteiger partial charge in [-0.3, -0.25) is 10.00 Å². The molecule has 1 atom stereocenters. The van der Waals surface area contributed by atoms with Crippen molar-refractivity contribution in [3.63, 3.8) is 0 Å². The number of aryl methyl sites for hydroxylation is 1. The average Bonchev–Trinajstić information content (AvgIpc) is 2.89. The zero-order valence-electron chi connectivity index (χ0n) is 11.5. The lowest BCUT2D eigenvalue weighted by Crippen LogP contribution is -2.34. The molecule has 2 aromatic heterocycles. The Hall–Kier alpha value is -1.46. The molecule has 3 heterocycles. The van der Waals surface area contributed by atoms with Crippen LogP contribution in [0.4, 0.5) is 0 Å². The molecule has 1 fully saturated rings. The molecule has 1 saturated heterocycles. The van der Waals surface area contributed by atoms with E-state index in [1.807, 2.05) is 25.3 Å². The summed E-state index contributed by atoms with van der Waals surface area (Å²) in [5.74, 6) is 2.26. The van der Waals surface area contributed by atoms with Gasteiger partial charge in [-0.15, -0.1) is 0 Å². The summed E-state index contributed by atoms with van der Waals surface area (Å²) in [5.41, 5.74) is 1.20. The Labute approximate surface area is 123 Å². The summed E-state index contributed by atoms with van der Waals surface area (Å²) in [6.07, 6.45) is 4.19. The highest BCUT2D eigenvalue weighted by molar-refractivity contribution is 6.29. The van der Waals surface area contributed by atoms with Gasteiger partial charge in [-0.05, 0) is 37.9 Å². The van der Waals surface area contributed by atoms with E-state index in [-0.39, 0.29) is 0 Å². The highest BCUT2D eigenvalue weighted by Gasteiger charge is 2.24. The van der Waals surface area contributed by atoms with Crippen LogP contribution in [-0.2, 0) is 6.54 Å². The molecule has 3 rings (SSSR count). The molecular formula is C14H18ClN5. The van der Waals surface area contributed by atoms with Gasteiger partial charge in [0.2, 0.25) is 0 Å². The number of rotatable bonds is 3. The molecule has 0 radical (unpaired) electrons. The molecule has 2 aromatic rings. The van der Waals surface area contributed by atoms with E-state index in [4.69, 9.17) is 11.6 Å². The van der Waals surface area contributed by atoms with E-state index in [1.165, 1.54) is 12.0 Å². The van der Waals surface area contributed by atoms with Crippen LogP contribution in [0.2, 0.25) is 5.15 Å². The molecule has 0 bridgehead atoms. The van der Waals surface area contributed by atoms with E-state index in [9.17, 15) is 0 Å². The lowest BCUT2D eigenvalue weighted by atomic mass is 9.97. The van der Waals surface area contributed by atoms with E-state index >= 15 is 0 Å². The molecule has 0 saturated carbocycles. The zero-order valence-corrected chi connectivity index (χ0v) is 12.3. The maximum absolute atomic E-state index is 5.82. The molecule has 1 unspecified atom stereocenters. The van der Waals surface area contributed by atoms with Crippen LogP contribution in [0, 0.1) is 6.92 Å². The van der Waals surface area contributed by atoms with Crippen molar-refractivity contribution in [2.24, 2.45) is 0 Å². The molecule has 1 aliphatic rings. The number of hydrogen-bond donors (Lipinski definition) is 1. The fourth-order valence-electron chi connectivity index (χ4n) is 2.71. The van der Waals surface area contributed by atoms with Crippen molar-refractivity contribution in [1.82, 2.24) is 25.1 Å². The number of nitrogens with zero attached hydrogens (tertiary/aromatic N) is 4. The lowest BCUT2D eigenvalue weighted by Gasteiger charge is -2.31. The Balaban J connectivity index is 1.64. The normalized spacial score (nSPS) is 20.2. The topological polar surface area (TPSA) is 57.7 Å². The molecule has 1 N–H and O–H groups in total. The molecule has 106 valence electrons. The van der Waals surface area contributed by atoms with Crippen molar-refractivity contribution in [2.45, 2.75) is 32.2 Å². The first-order valence-corrected chi connectivity index (χ1v) is 7.30. The SMILES string of the molecule is Cc1nc(C2CCCN(Cc3ccc(Cl)nc3)C2)n[nH]1. The maximum atomic E-state index is 5.82. The van der Waals surface area contributed by atoms with E-state index < -0.39 is 0 Å². The van der Waals surface area contributed by atoms with Crippen LogP contribution in [0.5, 0.6) is 0 Å². The van der Waals surface area contributed by atoms with Crippen LogP contribution < -0.4 is 0 Å². The third-order valence-electron chi connectivity index (χ3n) is 3.68. The Bertz CT molecular complexity index is 565. The standard InChI is InChI=1S/C14H18ClN5/c1-10-17-14(19-18-10)12-3-2-6-20(9-12)8-11-4-5-13(15)16-7-11/h4-5,7,12H,2-3,6,8-9H2,1H3,(H,17,18,19). The quantitative estimate of drug-likeness (QED) is 0.883. The van der Waals surface area contributed by atoms with Crippen LogP contribution in [0.25, 0.3) is 0 Å². The minimum absolute atomic E-state index is 0.425. The fraction of sp³-hybridized carbons (Fsp3) is 0.500. The molecule has 0 aromatic carbocycles. The number of aromatic amines is 1. The predicted molar refractivity (Wildman–Crippen MR) is 77.6 cm³/mol. The van der Waals surface area contributed by atoms with Gasteiger partial charge in [-0.1, -0.05) is 17.7 Å². The smallest absolute Gasteiger partial charge is 0.155 e. The van der Waals surface area contributed by atoms with Crippen molar-refractivity contribution in [3.8, 4) is 0 Å². The van der Waals surface area contributed by atoms with Gasteiger partial charge in [0.15, 0.2) is 5.82 Å². The highest BCUT2D eigenvalue weighted by atomic mass is 35.5. The van der Waals surface area contributed by atoms with Gasteiger partial charge in [0.05, 0.1) is 0 Å². The fourth-order valence-corrected chi connectivity index (χ4v) is 2.82. The monoisotopic (exact) mass is 291 g/mol. The van der Waals surface area contributed by atoms with Gasteiger partial charge in [0, 0.05) is 25.2 Å². The second-order valence-electron chi connectivity index (χ2n) is 5.34. The largest absolute Gasteiger partial charge is 0.298 e. The Morgan fingerprint density at radius 2 is 2.35 bits per heavy atom. The Morgan fingerprint density at radius 3 is 3.05 bits per heavy atom. The number of likely N-dealkylation sites (tertiary alicyclic amines) is 1. The molecule has 0 spiro atoms. The second kappa shape index (κ2) is 5.89. The van der Waals surface area contributed by atoms with Crippen molar-refractivity contribution in [1.29, 1.82) is 0 Å². The number of nitrogens with one attached hydrogen (secondary N) is 1. The van der Waals surface area contributed by atoms with Crippen LogP contribution in [-0.4, -0.2) is 38.2 Å². The first-order chi connectivity index (χ1) is 9.70. The third kappa shape index (κ3) is 3.16. The summed E-state index contributed by atoms with van der Waals surface area (Å²) in [5, 5.41) is 7.78. The first-order valence-electron chi connectivity index (χ1n) is 6.92. The third-order valence-corrected chi connectivity index (χ3v) is 3.90. The number of aromatic nitrogens is 4. The van der Waals surface area contributed by atoms with Gasteiger partial charge in [0.25, 0.3) is 0 Å². The summed E-state index contributed by atoms with van der Waals surface area (Å²) in [6.45, 7) is 4.96. The first kappa shape index (κ1) is 13.5. The summed E-state index contributed by atoms with van der Waals surface area (Å²) in [6, 6.07) is 3.88. The van der Waals surface area contributed by atoms with Crippen molar-refractivity contribution >= 4 is 11.6 Å². The number of halogens is 1. The minimum atomic E-state index is 0.425. The van der Waals surface area contributed by atoms with Crippen LogP contribution in [0.15, 0.2) is 18.3 Å². The van der Waals surface area contributed by atoms with E-state index in [0.29, 0.717) is 11.1 Å². The van der Waals surface area contributed by atoms with E-state index in [1.54, 1.807) is 0 Å². The van der Waals surface area contributed by atoms with Crippen molar-refractivity contribution < 1.29 is 0 Å². The molecule has 1 aliphatic heterocycles. The molecular weight excluding hydrogens is 274 g/mol. The van der Waals surface area contributed by atoms with Crippen molar-refractivity contribution in [3.05, 3.63) is 40.7 Å². The predicted octanol–water partition coefficient (Wildman–Crippen LogP) is 2.54. The number of hydrogen-bond acceptors (Lipinski definition) is 4. The molecule has 5 nitrogen and oxygen atoms in total. The van der Waals surface area contributed by atoms with Gasteiger partial charge in [0.1, 0.15) is 11.0 Å². The van der Waals surface area contributed by atoms with Gasteiger partial charge < -0.3 is 0 Å². The van der Waals surface area contributed by atoms with Crippen LogP contribution in [0.1, 0.15) is 36.0 Å². The highest BCUT2D eigenvalue weighted by Crippen LogP contribution is 2.25. The maximum Gasteiger partial charge on any atom is 0.155 e. The Kier molecular flexibility index (Phi) is 3.98. The summed E-state index contributed by atoms with van der Waals surface area (Å²) >= 11 is 5.82. The van der Waals surface area contributed by atoms with Gasteiger partial charge >= 0.3 is 0 Å². The molecule has 0 amide bonds. The number of piperidine rings is 1. The number of pyridine rings is 1. The molecule has 0 aliphatic carbocycles. The van der Waals surface area contributed by atoms with E-state index in [0.717, 1.165) is 37.7 Å². The summed E-state index contributed by atoms with van der Waals surface area (Å²) < 4.78 is 0. The number of H-pyrrole nitrogens is 1. The molecule has 6 heteroatoms. The summed E-state index contributed by atoms with van der Waals surface area (Å²) in [7, 11) is 0. The summed E-state index contributed by atoms with van der Waals surface area (Å²) in [4.78, 5) is 11.0. The van der Waals surface area contributed by atoms with Crippen LogP contribution in [0.3, 0.4) is 0 Å². The van der Waals surface area contributed by atoms with Gasteiger partial charge in [-0.25, -0.2) is 9.97 Å². The second-order valence-corrected chi connectivity index (χ2v) is 5.73. The van der Waals surface area contributed by atoms with E-state index in [2.05, 4.69) is 25.1 Å². The van der Waals surface area contributed by atoms with Crippen LogP contribution >= 0.6 is 11.6 Å². The zero-order chi connectivity index (χ0) is 13.9. The Morgan fingerprint density at radius 1 is 1.45 bits per heavy atom. The average molecular weight is 292 g/mol. The minimum Gasteiger partial charge on any atom is -0.298 e.